The molecule has 3 aromatic heterocycles. The fourth-order valence-corrected chi connectivity index (χ4v) is 7.91. The second kappa shape index (κ2) is 5.55. The van der Waals surface area contributed by atoms with E-state index in [0.29, 0.717) is 0 Å². The highest BCUT2D eigenvalue weighted by Gasteiger charge is 2.68. The molecule has 0 bridgehead atoms. The van der Waals surface area contributed by atoms with Crippen LogP contribution in [0.25, 0.3) is 55.6 Å². The Morgan fingerprint density at radius 3 is 2.39 bits per heavy atom. The molecule has 11 rings (SSSR count). The molecule has 174 valence electrons. The van der Waals surface area contributed by atoms with E-state index in [2.05, 4.69) is 128 Å². The molecule has 4 aliphatic heterocycles. The Kier molecular flexibility index (Phi) is 2.65. The number of rotatable bonds is 0. The zero-order valence-electron chi connectivity index (χ0n) is 20.1. The van der Waals surface area contributed by atoms with Gasteiger partial charge in [-0.05, 0) is 53.6 Å². The summed E-state index contributed by atoms with van der Waals surface area (Å²) in [6.45, 7) is 0. The number of pyridine rings is 1. The van der Waals surface area contributed by atoms with Crippen LogP contribution in [0.2, 0.25) is 0 Å². The van der Waals surface area contributed by atoms with Crippen LogP contribution in [-0.4, -0.2) is 9.25 Å². The molecule has 0 amide bonds. The normalized spacial score (nSPS) is 17.8. The lowest BCUT2D eigenvalue weighted by molar-refractivity contribution is -0.987. The van der Waals surface area contributed by atoms with E-state index < -0.39 is 5.66 Å². The second-order valence-electron chi connectivity index (χ2n) is 10.6. The lowest BCUT2D eigenvalue weighted by Gasteiger charge is -2.33. The number of fused-ring (bicyclic) bond motifs is 6. The van der Waals surface area contributed by atoms with Gasteiger partial charge >= 0.3 is 11.3 Å². The van der Waals surface area contributed by atoms with Gasteiger partial charge in [0.05, 0.1) is 17.8 Å². The van der Waals surface area contributed by atoms with Crippen LogP contribution in [0.1, 0.15) is 11.1 Å². The summed E-state index contributed by atoms with van der Waals surface area (Å²) in [5.41, 5.74) is 11.6. The smallest absolute Gasteiger partial charge is 0.397 e. The van der Waals surface area contributed by atoms with Gasteiger partial charge in [0, 0.05) is 22.6 Å². The van der Waals surface area contributed by atoms with Gasteiger partial charge in [-0.15, -0.1) is 4.68 Å². The molecule has 0 aliphatic carbocycles. The molecule has 1 unspecified atom stereocenters. The zero-order chi connectivity index (χ0) is 24.3. The quantitative estimate of drug-likeness (QED) is 0.248. The first-order chi connectivity index (χ1) is 18.9. The molecule has 4 aromatic carbocycles. The van der Waals surface area contributed by atoms with Gasteiger partial charge in [0.2, 0.25) is 6.20 Å². The summed E-state index contributed by atoms with van der Waals surface area (Å²) in [6, 6.07) is 33.1. The topological polar surface area (TPSA) is 26.8 Å². The molecular weight excluding hydrogens is 468 g/mol. The summed E-state index contributed by atoms with van der Waals surface area (Å²) in [5, 5.41) is 2.53. The van der Waals surface area contributed by atoms with Crippen molar-refractivity contribution in [3.8, 4) is 45.1 Å². The number of aromatic nitrogens is 4. The van der Waals surface area contributed by atoms with Crippen molar-refractivity contribution >= 4 is 21.9 Å². The second-order valence-corrected chi connectivity index (χ2v) is 10.6. The SMILES string of the molecule is c1ccc2c(c1)-c1ccc3c4c1-n1c5c-2cccc5c2ccc[n+](c21)C41c2c(cccc2-n2ccc[n+]21)O3. The first-order valence-electron chi connectivity index (χ1n) is 13.0. The molecule has 5 nitrogen and oxygen atoms in total. The lowest BCUT2D eigenvalue weighted by atomic mass is 9.82. The maximum Gasteiger partial charge on any atom is 0.397 e. The molecule has 38 heavy (non-hydrogen) atoms. The van der Waals surface area contributed by atoms with Gasteiger partial charge in [-0.1, -0.05) is 47.1 Å². The highest BCUT2D eigenvalue weighted by Crippen LogP contribution is 2.58. The van der Waals surface area contributed by atoms with Crippen molar-refractivity contribution in [2.45, 2.75) is 5.66 Å². The van der Waals surface area contributed by atoms with Crippen molar-refractivity contribution in [3.05, 3.63) is 121 Å². The number of para-hydroxylation sites is 1. The third kappa shape index (κ3) is 1.60. The third-order valence-corrected chi connectivity index (χ3v) is 9.13. The van der Waals surface area contributed by atoms with Crippen molar-refractivity contribution in [1.82, 2.24) is 9.25 Å². The molecule has 0 N–H and O–H groups in total. The standard InChI is InChI=1S/C33H18N4O/c1-2-8-20-19(7-1)21-9-3-10-22-24-11-5-16-34-32(24)37(30(21)22)31-23(20)14-15-27-29(31)33(34)28-25(12-4-13-26(28)38-27)35-17-6-18-36(33)35/h1-18H/q+2. The van der Waals surface area contributed by atoms with Gasteiger partial charge in [0.1, 0.15) is 28.3 Å². The predicted octanol–water partition coefficient (Wildman–Crippen LogP) is 5.83. The largest absolute Gasteiger partial charge is 0.456 e. The van der Waals surface area contributed by atoms with E-state index in [9.17, 15) is 0 Å². The van der Waals surface area contributed by atoms with E-state index in [1.54, 1.807) is 0 Å². The van der Waals surface area contributed by atoms with Crippen molar-refractivity contribution in [1.29, 1.82) is 0 Å². The van der Waals surface area contributed by atoms with Crippen molar-refractivity contribution < 1.29 is 14.0 Å². The van der Waals surface area contributed by atoms with E-state index in [4.69, 9.17) is 4.74 Å². The summed E-state index contributed by atoms with van der Waals surface area (Å²) in [6.07, 6.45) is 6.62. The molecule has 4 aliphatic rings. The molecule has 1 spiro atoms. The fourth-order valence-electron chi connectivity index (χ4n) is 7.91. The summed E-state index contributed by atoms with van der Waals surface area (Å²) in [5.74, 6) is 1.82. The Balaban J connectivity index is 1.53. The zero-order valence-corrected chi connectivity index (χ0v) is 20.1. The van der Waals surface area contributed by atoms with Crippen LogP contribution in [-0.2, 0) is 5.66 Å². The summed E-state index contributed by atoms with van der Waals surface area (Å²) in [7, 11) is 0. The van der Waals surface area contributed by atoms with Crippen LogP contribution in [0, 0.1) is 0 Å². The molecule has 0 fully saturated rings. The van der Waals surface area contributed by atoms with Crippen molar-refractivity contribution in [2.24, 2.45) is 0 Å². The number of hydrogen-bond donors (Lipinski definition) is 0. The van der Waals surface area contributed by atoms with Gasteiger partial charge in [0.25, 0.3) is 0 Å². The number of ether oxygens (including phenoxy) is 1. The number of hydrogen-bond acceptors (Lipinski definition) is 1. The molecule has 1 atom stereocenters. The minimum absolute atomic E-state index is 0.613. The molecule has 7 heterocycles. The Morgan fingerprint density at radius 1 is 0.632 bits per heavy atom. The Bertz CT molecular complexity index is 2290. The van der Waals surface area contributed by atoms with Crippen LogP contribution >= 0.6 is 0 Å². The lowest BCUT2D eigenvalue weighted by Crippen LogP contribution is -2.76. The fraction of sp³-hybridized carbons (Fsp3) is 0.0303. The van der Waals surface area contributed by atoms with Crippen molar-refractivity contribution in [2.75, 3.05) is 0 Å². The first-order valence-corrected chi connectivity index (χ1v) is 13.0. The highest BCUT2D eigenvalue weighted by atomic mass is 16.5. The number of nitrogens with zero attached hydrogens (tertiary/aromatic N) is 4. The molecule has 0 saturated carbocycles. The molecule has 7 aromatic rings. The number of benzene rings is 4. The first kappa shape index (κ1) is 18.1. The third-order valence-electron chi connectivity index (χ3n) is 9.13. The van der Waals surface area contributed by atoms with E-state index in [1.807, 2.05) is 0 Å². The monoisotopic (exact) mass is 486 g/mol. The van der Waals surface area contributed by atoms with E-state index in [1.165, 1.54) is 61.0 Å². The van der Waals surface area contributed by atoms with Crippen LogP contribution in [0.3, 0.4) is 0 Å². The average molecular weight is 487 g/mol. The maximum absolute atomic E-state index is 6.76. The van der Waals surface area contributed by atoms with Crippen LogP contribution in [0.15, 0.2) is 110 Å². The van der Waals surface area contributed by atoms with Gasteiger partial charge in [0.15, 0.2) is 11.3 Å². The molecular formula is C33H18N4O+2. The Morgan fingerprint density at radius 2 is 1.45 bits per heavy atom. The average Bonchev–Trinajstić information content (AvgIpc) is 3.63. The van der Waals surface area contributed by atoms with E-state index >= 15 is 0 Å². The minimum atomic E-state index is -0.613. The summed E-state index contributed by atoms with van der Waals surface area (Å²) in [4.78, 5) is 0. The van der Waals surface area contributed by atoms with Gasteiger partial charge in [-0.3, -0.25) is 0 Å². The van der Waals surface area contributed by atoms with Crippen molar-refractivity contribution in [3.63, 3.8) is 0 Å². The van der Waals surface area contributed by atoms with Crippen LogP contribution in [0.5, 0.6) is 11.5 Å². The van der Waals surface area contributed by atoms with Gasteiger partial charge < -0.3 is 4.74 Å². The minimum Gasteiger partial charge on any atom is -0.456 e. The summed E-state index contributed by atoms with van der Waals surface area (Å²) >= 11 is 0. The maximum atomic E-state index is 6.76. The highest BCUT2D eigenvalue weighted by molar-refractivity contribution is 6.15. The van der Waals surface area contributed by atoms with Crippen LogP contribution in [0.4, 0.5) is 0 Å². The van der Waals surface area contributed by atoms with E-state index in [0.717, 1.165) is 17.2 Å². The molecule has 0 radical (unpaired) electrons. The Labute approximate surface area is 216 Å². The molecule has 5 heteroatoms. The predicted molar refractivity (Wildman–Crippen MR) is 143 cm³/mol. The summed E-state index contributed by atoms with van der Waals surface area (Å²) < 4.78 is 16.4. The van der Waals surface area contributed by atoms with E-state index in [-0.39, 0.29) is 0 Å². The molecule has 0 saturated heterocycles. The Hall–Kier alpha value is -5.16. The van der Waals surface area contributed by atoms with Gasteiger partial charge in [-0.2, -0.15) is 9.13 Å². The van der Waals surface area contributed by atoms with Gasteiger partial charge in [-0.25, -0.2) is 0 Å². The van der Waals surface area contributed by atoms with Crippen LogP contribution < -0.4 is 14.0 Å².